The maximum atomic E-state index is 12.8. The SMILES string of the molecule is CCc1ncc2c(n1)CN(C(=O)c1cccc(-n3cccn3)c1)C2. The molecule has 0 saturated heterocycles. The minimum atomic E-state index is 0.0000505. The molecule has 1 aromatic carbocycles. The van der Waals surface area contributed by atoms with Gasteiger partial charge in [-0.1, -0.05) is 13.0 Å². The first-order valence-corrected chi connectivity index (χ1v) is 7.97. The Kier molecular flexibility index (Phi) is 3.57. The molecule has 6 nitrogen and oxygen atoms in total. The van der Waals surface area contributed by atoms with E-state index >= 15 is 0 Å². The third-order valence-corrected chi connectivity index (χ3v) is 4.17. The standard InChI is InChI=1S/C18H17N5O/c1-2-17-19-10-14-11-22(12-16(14)21-17)18(24)13-5-3-6-15(9-13)23-8-4-7-20-23/h3-10H,2,11-12H2,1H3. The quantitative estimate of drug-likeness (QED) is 0.743. The van der Waals surface area contributed by atoms with Crippen LogP contribution in [0.2, 0.25) is 0 Å². The van der Waals surface area contributed by atoms with Crippen LogP contribution in [-0.2, 0) is 19.5 Å². The van der Waals surface area contributed by atoms with Gasteiger partial charge in [0.1, 0.15) is 5.82 Å². The molecule has 0 saturated carbocycles. The highest BCUT2D eigenvalue weighted by molar-refractivity contribution is 5.95. The summed E-state index contributed by atoms with van der Waals surface area (Å²) >= 11 is 0. The Labute approximate surface area is 139 Å². The summed E-state index contributed by atoms with van der Waals surface area (Å²) in [5.74, 6) is 0.823. The van der Waals surface area contributed by atoms with Crippen LogP contribution >= 0.6 is 0 Å². The molecule has 1 aliphatic rings. The van der Waals surface area contributed by atoms with Gasteiger partial charge in [-0.2, -0.15) is 5.10 Å². The number of nitrogens with zero attached hydrogens (tertiary/aromatic N) is 5. The number of rotatable bonds is 3. The summed E-state index contributed by atoms with van der Waals surface area (Å²) in [6.07, 6.45) is 6.22. The van der Waals surface area contributed by atoms with E-state index in [9.17, 15) is 4.79 Å². The molecule has 0 radical (unpaired) electrons. The van der Waals surface area contributed by atoms with Crippen molar-refractivity contribution in [1.82, 2.24) is 24.6 Å². The van der Waals surface area contributed by atoms with E-state index in [0.717, 1.165) is 29.2 Å². The first-order valence-electron chi connectivity index (χ1n) is 7.97. The van der Waals surface area contributed by atoms with E-state index < -0.39 is 0 Å². The van der Waals surface area contributed by atoms with Crippen LogP contribution in [0.4, 0.5) is 0 Å². The van der Waals surface area contributed by atoms with Crippen LogP contribution in [0.15, 0.2) is 48.9 Å². The number of hydrogen-bond acceptors (Lipinski definition) is 4. The average Bonchev–Trinajstić information content (AvgIpc) is 3.30. The second-order valence-corrected chi connectivity index (χ2v) is 5.77. The Balaban J connectivity index is 1.58. The molecule has 4 rings (SSSR count). The number of aryl methyl sites for hydroxylation is 1. The minimum absolute atomic E-state index is 0.0000505. The number of fused-ring (bicyclic) bond motifs is 1. The fraction of sp³-hybridized carbons (Fsp3) is 0.222. The molecule has 6 heteroatoms. The van der Waals surface area contributed by atoms with Crippen LogP contribution < -0.4 is 0 Å². The van der Waals surface area contributed by atoms with Gasteiger partial charge in [-0.25, -0.2) is 14.6 Å². The molecule has 0 spiro atoms. The van der Waals surface area contributed by atoms with Crippen LogP contribution in [-0.4, -0.2) is 30.6 Å². The van der Waals surface area contributed by atoms with E-state index in [1.165, 1.54) is 0 Å². The van der Waals surface area contributed by atoms with Gasteiger partial charge in [-0.3, -0.25) is 4.79 Å². The van der Waals surface area contributed by atoms with Crippen LogP contribution in [0.3, 0.4) is 0 Å². The maximum Gasteiger partial charge on any atom is 0.254 e. The van der Waals surface area contributed by atoms with Gasteiger partial charge in [0.25, 0.3) is 5.91 Å². The van der Waals surface area contributed by atoms with E-state index in [4.69, 9.17) is 0 Å². The van der Waals surface area contributed by atoms with Gasteiger partial charge < -0.3 is 4.90 Å². The molecular weight excluding hydrogens is 302 g/mol. The van der Waals surface area contributed by atoms with Crippen molar-refractivity contribution in [2.75, 3.05) is 0 Å². The molecule has 24 heavy (non-hydrogen) atoms. The fourth-order valence-electron chi connectivity index (χ4n) is 2.89. The zero-order chi connectivity index (χ0) is 16.5. The molecule has 1 amide bonds. The predicted molar refractivity (Wildman–Crippen MR) is 88.6 cm³/mol. The number of carbonyl (C=O) groups is 1. The highest BCUT2D eigenvalue weighted by atomic mass is 16.2. The maximum absolute atomic E-state index is 12.8. The van der Waals surface area contributed by atoms with Gasteiger partial charge in [0.05, 0.1) is 17.9 Å². The van der Waals surface area contributed by atoms with Crippen molar-refractivity contribution >= 4 is 5.91 Å². The fourth-order valence-corrected chi connectivity index (χ4v) is 2.89. The number of aromatic nitrogens is 4. The van der Waals surface area contributed by atoms with Crippen LogP contribution in [0.5, 0.6) is 0 Å². The molecule has 0 atom stereocenters. The summed E-state index contributed by atoms with van der Waals surface area (Å²) in [6.45, 7) is 3.13. The Morgan fingerprint density at radius 3 is 2.96 bits per heavy atom. The molecule has 3 aromatic rings. The minimum Gasteiger partial charge on any atom is -0.328 e. The molecule has 1 aliphatic heterocycles. The van der Waals surface area contributed by atoms with Gasteiger partial charge in [0.15, 0.2) is 0 Å². The lowest BCUT2D eigenvalue weighted by molar-refractivity contribution is 0.0750. The van der Waals surface area contributed by atoms with Crippen LogP contribution in [0, 0.1) is 0 Å². The predicted octanol–water partition coefficient (Wildman–Crippen LogP) is 2.38. The Morgan fingerprint density at radius 1 is 1.25 bits per heavy atom. The molecule has 0 aliphatic carbocycles. The van der Waals surface area contributed by atoms with Crippen LogP contribution in [0.25, 0.3) is 5.69 Å². The molecule has 0 fully saturated rings. The van der Waals surface area contributed by atoms with Crippen LogP contribution in [0.1, 0.15) is 34.4 Å². The van der Waals surface area contributed by atoms with E-state index in [2.05, 4.69) is 15.1 Å². The number of carbonyl (C=O) groups excluding carboxylic acids is 1. The molecule has 2 aromatic heterocycles. The second kappa shape index (κ2) is 5.88. The van der Waals surface area contributed by atoms with Crippen molar-refractivity contribution in [3.63, 3.8) is 0 Å². The Bertz CT molecular complexity index is 888. The lowest BCUT2D eigenvalue weighted by atomic mass is 10.2. The molecular formula is C18H17N5O. The zero-order valence-electron chi connectivity index (χ0n) is 13.4. The van der Waals surface area contributed by atoms with Crippen molar-refractivity contribution < 1.29 is 4.79 Å². The summed E-state index contributed by atoms with van der Waals surface area (Å²) < 4.78 is 1.74. The van der Waals surface area contributed by atoms with E-state index in [1.54, 1.807) is 15.8 Å². The highest BCUT2D eigenvalue weighted by Gasteiger charge is 2.26. The highest BCUT2D eigenvalue weighted by Crippen LogP contribution is 2.23. The van der Waals surface area contributed by atoms with Gasteiger partial charge in [0, 0.05) is 42.7 Å². The number of benzene rings is 1. The van der Waals surface area contributed by atoms with Crippen molar-refractivity contribution in [3.05, 3.63) is 71.6 Å². The van der Waals surface area contributed by atoms with E-state index in [1.807, 2.05) is 49.6 Å². The molecule has 0 unspecified atom stereocenters. The lowest BCUT2D eigenvalue weighted by Gasteiger charge is -2.15. The molecule has 3 heterocycles. The summed E-state index contributed by atoms with van der Waals surface area (Å²) in [6, 6.07) is 9.36. The van der Waals surface area contributed by atoms with Gasteiger partial charge >= 0.3 is 0 Å². The van der Waals surface area contributed by atoms with E-state index in [0.29, 0.717) is 18.7 Å². The monoisotopic (exact) mass is 319 g/mol. The largest absolute Gasteiger partial charge is 0.328 e. The summed E-state index contributed by atoms with van der Waals surface area (Å²) in [7, 11) is 0. The number of amides is 1. The van der Waals surface area contributed by atoms with E-state index in [-0.39, 0.29) is 5.91 Å². The Morgan fingerprint density at radius 2 is 2.17 bits per heavy atom. The lowest BCUT2D eigenvalue weighted by Crippen LogP contribution is -2.25. The smallest absolute Gasteiger partial charge is 0.254 e. The second-order valence-electron chi connectivity index (χ2n) is 5.77. The zero-order valence-corrected chi connectivity index (χ0v) is 13.4. The Hall–Kier alpha value is -3.02. The summed E-state index contributed by atoms with van der Waals surface area (Å²) in [4.78, 5) is 23.5. The third-order valence-electron chi connectivity index (χ3n) is 4.17. The van der Waals surface area contributed by atoms with Gasteiger partial charge in [0.2, 0.25) is 0 Å². The van der Waals surface area contributed by atoms with Gasteiger partial charge in [-0.15, -0.1) is 0 Å². The van der Waals surface area contributed by atoms with Crippen molar-refractivity contribution in [2.45, 2.75) is 26.4 Å². The normalized spacial score (nSPS) is 13.1. The molecule has 0 bridgehead atoms. The van der Waals surface area contributed by atoms with Crippen molar-refractivity contribution in [1.29, 1.82) is 0 Å². The van der Waals surface area contributed by atoms with Gasteiger partial charge in [-0.05, 0) is 24.3 Å². The molecule has 120 valence electrons. The average molecular weight is 319 g/mol. The van der Waals surface area contributed by atoms with Crippen molar-refractivity contribution in [3.8, 4) is 5.69 Å². The third kappa shape index (κ3) is 2.56. The van der Waals surface area contributed by atoms with Crippen molar-refractivity contribution in [2.24, 2.45) is 0 Å². The summed E-state index contributed by atoms with van der Waals surface area (Å²) in [5.41, 5.74) is 3.51. The summed E-state index contributed by atoms with van der Waals surface area (Å²) in [5, 5.41) is 4.21. The molecule has 0 N–H and O–H groups in total. The topological polar surface area (TPSA) is 63.9 Å². The first kappa shape index (κ1) is 14.6. The first-order chi connectivity index (χ1) is 11.7. The number of hydrogen-bond donors (Lipinski definition) is 0.